The highest BCUT2D eigenvalue weighted by Crippen LogP contribution is 2.40. The maximum atomic E-state index is 14.4. The molecule has 11 heteroatoms. The minimum Gasteiger partial charge on any atom is -0.491 e. The molecular weight excluding hydrogens is 462 g/mol. The van der Waals surface area contributed by atoms with Crippen LogP contribution in [0.2, 0.25) is 10.3 Å². The van der Waals surface area contributed by atoms with E-state index in [0.29, 0.717) is 16.4 Å². The SMILES string of the molecule is C[C@@]1(O)[C@@H](COc2ccc3ccc(Cl)nc3c2)O[C@@H](n2cc(F)c3c(Cl)ncnc32)[C@@H]1O. The Morgan fingerprint density at radius 2 is 2.03 bits per heavy atom. The molecule has 1 saturated heterocycles. The fourth-order valence-corrected chi connectivity index (χ4v) is 4.19. The molecule has 0 amide bonds. The van der Waals surface area contributed by atoms with Gasteiger partial charge < -0.3 is 24.3 Å². The molecule has 0 saturated carbocycles. The zero-order valence-electron chi connectivity index (χ0n) is 16.6. The second kappa shape index (κ2) is 7.79. The van der Waals surface area contributed by atoms with E-state index >= 15 is 0 Å². The van der Waals surface area contributed by atoms with Gasteiger partial charge >= 0.3 is 0 Å². The van der Waals surface area contributed by atoms with Crippen LogP contribution in [0.1, 0.15) is 13.2 Å². The van der Waals surface area contributed by atoms with Crippen LogP contribution in [0, 0.1) is 5.82 Å². The smallest absolute Gasteiger partial charge is 0.164 e. The Bertz CT molecular complexity index is 1330. The molecule has 8 nitrogen and oxygen atoms in total. The molecule has 0 radical (unpaired) electrons. The fourth-order valence-electron chi connectivity index (χ4n) is 3.82. The first-order valence-electron chi connectivity index (χ1n) is 9.67. The van der Waals surface area contributed by atoms with E-state index in [1.54, 1.807) is 18.2 Å². The predicted molar refractivity (Wildman–Crippen MR) is 115 cm³/mol. The maximum Gasteiger partial charge on any atom is 0.164 e. The zero-order valence-corrected chi connectivity index (χ0v) is 18.1. The van der Waals surface area contributed by atoms with Crippen molar-refractivity contribution in [2.24, 2.45) is 0 Å². The van der Waals surface area contributed by atoms with Gasteiger partial charge in [-0.2, -0.15) is 0 Å². The molecule has 0 spiro atoms. The van der Waals surface area contributed by atoms with Crippen LogP contribution < -0.4 is 4.74 Å². The van der Waals surface area contributed by atoms with Crippen LogP contribution in [0.4, 0.5) is 4.39 Å². The number of aliphatic hydroxyl groups excluding tert-OH is 1. The predicted octanol–water partition coefficient (Wildman–Crippen LogP) is 3.51. The molecule has 1 aliphatic rings. The first-order chi connectivity index (χ1) is 15.3. The second-order valence-electron chi connectivity index (χ2n) is 7.73. The van der Waals surface area contributed by atoms with Gasteiger partial charge in [0.15, 0.2) is 12.0 Å². The van der Waals surface area contributed by atoms with Crippen molar-refractivity contribution >= 4 is 45.1 Å². The van der Waals surface area contributed by atoms with Gasteiger partial charge in [0.1, 0.15) is 52.4 Å². The standard InChI is InChI=1S/C21H17Cl2FN4O4/c1-21(30)14(8-31-11-4-2-10-3-5-15(22)27-13(10)6-11)32-20(17(21)29)28-7-12(24)16-18(23)25-9-26-19(16)28/h2-7,9,14,17,20,29-30H,8H2,1H3/t14-,17+,20-,21-/m1/s1. The average molecular weight is 479 g/mol. The van der Waals surface area contributed by atoms with Crippen LogP contribution in [0.3, 0.4) is 0 Å². The first kappa shape index (κ1) is 21.3. The quantitative estimate of drug-likeness (QED) is 0.341. The Kier molecular flexibility index (Phi) is 5.18. The van der Waals surface area contributed by atoms with E-state index in [9.17, 15) is 14.6 Å². The normalized spacial score (nSPS) is 25.6. The highest BCUT2D eigenvalue weighted by Gasteiger charge is 2.53. The highest BCUT2D eigenvalue weighted by atomic mass is 35.5. The van der Waals surface area contributed by atoms with Crippen LogP contribution in [0.5, 0.6) is 5.75 Å². The Hall–Kier alpha value is -2.56. The molecule has 4 heterocycles. The summed E-state index contributed by atoms with van der Waals surface area (Å²) in [4.78, 5) is 12.1. The van der Waals surface area contributed by atoms with E-state index < -0.39 is 29.9 Å². The van der Waals surface area contributed by atoms with Gasteiger partial charge in [0.2, 0.25) is 0 Å². The third-order valence-corrected chi connectivity index (χ3v) is 6.14. The summed E-state index contributed by atoms with van der Waals surface area (Å²) in [5.74, 6) is -0.176. The first-order valence-corrected chi connectivity index (χ1v) is 10.4. The van der Waals surface area contributed by atoms with Crippen molar-refractivity contribution in [2.45, 2.75) is 31.0 Å². The Morgan fingerprint density at radius 3 is 2.84 bits per heavy atom. The largest absolute Gasteiger partial charge is 0.491 e. The minimum absolute atomic E-state index is 0.00614. The number of nitrogens with zero attached hydrogens (tertiary/aromatic N) is 4. The number of pyridine rings is 1. The Labute approximate surface area is 191 Å². The molecule has 32 heavy (non-hydrogen) atoms. The van der Waals surface area contributed by atoms with Crippen molar-refractivity contribution in [3.63, 3.8) is 0 Å². The molecule has 1 aliphatic heterocycles. The zero-order chi connectivity index (χ0) is 22.6. The summed E-state index contributed by atoms with van der Waals surface area (Å²) < 4.78 is 27.4. The molecule has 0 bridgehead atoms. The highest BCUT2D eigenvalue weighted by molar-refractivity contribution is 6.34. The molecule has 4 aromatic rings. The summed E-state index contributed by atoms with van der Waals surface area (Å²) in [5, 5.41) is 22.9. The van der Waals surface area contributed by atoms with Crippen molar-refractivity contribution in [2.75, 3.05) is 6.61 Å². The van der Waals surface area contributed by atoms with E-state index in [2.05, 4.69) is 15.0 Å². The monoisotopic (exact) mass is 478 g/mol. The number of halogens is 3. The van der Waals surface area contributed by atoms with Crippen LogP contribution in [0.15, 0.2) is 42.9 Å². The number of rotatable bonds is 4. The molecule has 0 unspecified atom stereocenters. The number of aromatic nitrogens is 4. The number of benzene rings is 1. The molecule has 166 valence electrons. The average Bonchev–Trinajstić information content (AvgIpc) is 3.20. The molecule has 1 aromatic carbocycles. The third-order valence-electron chi connectivity index (χ3n) is 5.65. The molecular formula is C21H17Cl2FN4O4. The lowest BCUT2D eigenvalue weighted by Crippen LogP contribution is -2.47. The summed E-state index contributed by atoms with van der Waals surface area (Å²) in [5.41, 5.74) is -0.897. The lowest BCUT2D eigenvalue weighted by molar-refractivity contribution is -0.0765. The van der Waals surface area contributed by atoms with Crippen molar-refractivity contribution in [3.8, 4) is 5.75 Å². The van der Waals surface area contributed by atoms with Gasteiger partial charge in [-0.25, -0.2) is 19.3 Å². The third kappa shape index (κ3) is 3.46. The summed E-state index contributed by atoms with van der Waals surface area (Å²) in [6.45, 7) is 1.35. The molecule has 4 atom stereocenters. The Balaban J connectivity index is 1.40. The Morgan fingerprint density at radius 1 is 1.25 bits per heavy atom. The van der Waals surface area contributed by atoms with Gasteiger partial charge in [-0.1, -0.05) is 23.2 Å². The van der Waals surface area contributed by atoms with E-state index in [1.165, 1.54) is 17.8 Å². The van der Waals surface area contributed by atoms with Gasteiger partial charge in [-0.15, -0.1) is 0 Å². The summed E-state index contributed by atoms with van der Waals surface area (Å²) >= 11 is 11.9. The summed E-state index contributed by atoms with van der Waals surface area (Å²) in [7, 11) is 0. The van der Waals surface area contributed by atoms with Crippen LogP contribution in [-0.4, -0.2) is 54.1 Å². The molecule has 2 N–H and O–H groups in total. The van der Waals surface area contributed by atoms with Gasteiger partial charge in [-0.3, -0.25) is 0 Å². The van der Waals surface area contributed by atoms with Crippen molar-refractivity contribution in [1.82, 2.24) is 19.5 Å². The summed E-state index contributed by atoms with van der Waals surface area (Å²) in [6, 6.07) is 8.84. The lowest BCUT2D eigenvalue weighted by Gasteiger charge is -2.26. The number of hydrogen-bond acceptors (Lipinski definition) is 7. The second-order valence-corrected chi connectivity index (χ2v) is 8.48. The van der Waals surface area contributed by atoms with Gasteiger partial charge in [0.05, 0.1) is 10.9 Å². The van der Waals surface area contributed by atoms with Crippen molar-refractivity contribution in [1.29, 1.82) is 0 Å². The molecule has 5 rings (SSSR count). The van der Waals surface area contributed by atoms with Crippen LogP contribution in [0.25, 0.3) is 21.9 Å². The minimum atomic E-state index is -1.69. The van der Waals surface area contributed by atoms with E-state index in [4.69, 9.17) is 32.7 Å². The number of hydrogen-bond donors (Lipinski definition) is 2. The lowest BCUT2D eigenvalue weighted by atomic mass is 9.95. The van der Waals surface area contributed by atoms with E-state index in [1.807, 2.05) is 12.1 Å². The number of fused-ring (bicyclic) bond motifs is 2. The number of aliphatic hydroxyl groups is 2. The van der Waals surface area contributed by atoms with Gasteiger partial charge in [0, 0.05) is 17.6 Å². The van der Waals surface area contributed by atoms with Crippen LogP contribution in [-0.2, 0) is 4.74 Å². The maximum absolute atomic E-state index is 14.4. The van der Waals surface area contributed by atoms with Gasteiger partial charge in [0.25, 0.3) is 0 Å². The molecule has 0 aliphatic carbocycles. The molecule has 1 fully saturated rings. The topological polar surface area (TPSA) is 103 Å². The van der Waals surface area contributed by atoms with Crippen molar-refractivity contribution < 1.29 is 24.1 Å². The van der Waals surface area contributed by atoms with Crippen LogP contribution >= 0.6 is 23.2 Å². The van der Waals surface area contributed by atoms with E-state index in [-0.39, 0.29) is 22.8 Å². The fraction of sp³-hybridized carbons (Fsp3) is 0.286. The number of ether oxygens (including phenoxy) is 2. The molecule has 3 aromatic heterocycles. The van der Waals surface area contributed by atoms with E-state index in [0.717, 1.165) is 11.6 Å². The van der Waals surface area contributed by atoms with Crippen molar-refractivity contribution in [3.05, 3.63) is 59.0 Å². The van der Waals surface area contributed by atoms with Gasteiger partial charge in [-0.05, 0) is 31.2 Å². The summed E-state index contributed by atoms with van der Waals surface area (Å²) in [6.07, 6.45) is -1.15.